The molecule has 1 saturated heterocycles. The summed E-state index contributed by atoms with van der Waals surface area (Å²) in [7, 11) is 1.62. The predicted octanol–water partition coefficient (Wildman–Crippen LogP) is 4.20. The Kier molecular flexibility index (Phi) is 7.19. The molecule has 0 bridgehead atoms. The molecule has 1 atom stereocenters. The molecule has 2 heterocycles. The molecule has 0 unspecified atom stereocenters. The lowest BCUT2D eigenvalue weighted by molar-refractivity contribution is 0.102. The minimum atomic E-state index is -0.272. The maximum atomic E-state index is 12.7. The van der Waals surface area contributed by atoms with Crippen LogP contribution in [0, 0.1) is 6.92 Å². The van der Waals surface area contributed by atoms with Crippen LogP contribution in [0.15, 0.2) is 48.5 Å². The standard InChI is InChI=1S/C24H27N5O3S/c1-16-8-10-19(11-9-16)26-21(30)23-28-27-22(33-23)18-6-4-12-29(15-18)24(31)25-14-17-5-3-7-20(13-17)32-2/h3,5,7-11,13,18H,4,6,12,14-15H2,1-2H3,(H,25,31)(H,26,30)/t18-/m1/s1. The van der Waals surface area contributed by atoms with Crippen molar-refractivity contribution in [3.63, 3.8) is 0 Å². The first-order valence-electron chi connectivity index (χ1n) is 10.9. The van der Waals surface area contributed by atoms with Crippen LogP contribution in [0.25, 0.3) is 0 Å². The highest BCUT2D eigenvalue weighted by molar-refractivity contribution is 7.13. The van der Waals surface area contributed by atoms with E-state index in [0.717, 1.165) is 40.4 Å². The van der Waals surface area contributed by atoms with Gasteiger partial charge in [0.05, 0.1) is 7.11 Å². The first kappa shape index (κ1) is 22.7. The van der Waals surface area contributed by atoms with Gasteiger partial charge in [0.2, 0.25) is 5.01 Å². The summed E-state index contributed by atoms with van der Waals surface area (Å²) >= 11 is 1.29. The number of hydrogen-bond donors (Lipinski definition) is 2. The van der Waals surface area contributed by atoms with Crippen molar-refractivity contribution in [2.45, 2.75) is 32.2 Å². The molecule has 172 valence electrons. The van der Waals surface area contributed by atoms with E-state index in [-0.39, 0.29) is 17.9 Å². The van der Waals surface area contributed by atoms with Crippen molar-refractivity contribution in [3.8, 4) is 5.75 Å². The second-order valence-electron chi connectivity index (χ2n) is 8.06. The Bertz CT molecular complexity index is 1120. The molecule has 2 aromatic carbocycles. The highest BCUT2D eigenvalue weighted by Gasteiger charge is 2.28. The topological polar surface area (TPSA) is 96.4 Å². The molecule has 0 saturated carbocycles. The Morgan fingerprint density at radius 2 is 2.00 bits per heavy atom. The van der Waals surface area contributed by atoms with Crippen molar-refractivity contribution in [3.05, 3.63) is 69.7 Å². The molecule has 1 aliphatic rings. The number of amides is 3. The van der Waals surface area contributed by atoms with Crippen molar-refractivity contribution in [1.82, 2.24) is 20.4 Å². The molecule has 8 nitrogen and oxygen atoms in total. The fraction of sp³-hybridized carbons (Fsp3) is 0.333. The minimum absolute atomic E-state index is 0.0692. The lowest BCUT2D eigenvalue weighted by atomic mass is 9.99. The first-order valence-corrected chi connectivity index (χ1v) is 11.7. The number of piperidine rings is 1. The van der Waals surface area contributed by atoms with Gasteiger partial charge >= 0.3 is 6.03 Å². The number of nitrogens with zero attached hydrogens (tertiary/aromatic N) is 3. The van der Waals surface area contributed by atoms with Crippen molar-refractivity contribution in [1.29, 1.82) is 0 Å². The number of urea groups is 1. The van der Waals surface area contributed by atoms with E-state index in [4.69, 9.17) is 4.74 Å². The van der Waals surface area contributed by atoms with Crippen LogP contribution in [-0.2, 0) is 6.54 Å². The number of carbonyl (C=O) groups excluding carboxylic acids is 2. The second-order valence-corrected chi connectivity index (χ2v) is 9.07. The van der Waals surface area contributed by atoms with Gasteiger partial charge in [0.1, 0.15) is 10.8 Å². The van der Waals surface area contributed by atoms with E-state index in [9.17, 15) is 9.59 Å². The number of methoxy groups -OCH3 is 1. The number of rotatable bonds is 6. The molecule has 1 fully saturated rings. The molecule has 4 rings (SSSR count). The zero-order chi connectivity index (χ0) is 23.2. The van der Waals surface area contributed by atoms with Crippen LogP contribution in [-0.4, -0.2) is 47.2 Å². The third-order valence-corrected chi connectivity index (χ3v) is 6.66. The highest BCUT2D eigenvalue weighted by atomic mass is 32.1. The molecule has 3 amide bonds. The first-order chi connectivity index (χ1) is 16.0. The SMILES string of the molecule is COc1cccc(CNC(=O)N2CCC[C@@H](c3nnc(C(=O)Nc4ccc(C)cc4)s3)C2)c1. The van der Waals surface area contributed by atoms with E-state index in [1.165, 1.54) is 11.3 Å². The van der Waals surface area contributed by atoms with E-state index in [2.05, 4.69) is 20.8 Å². The second kappa shape index (κ2) is 10.4. The smallest absolute Gasteiger partial charge is 0.317 e. The summed E-state index contributed by atoms with van der Waals surface area (Å²) in [5.74, 6) is 0.560. The lowest BCUT2D eigenvalue weighted by Gasteiger charge is -2.31. The average Bonchev–Trinajstić information content (AvgIpc) is 3.35. The molecule has 3 aromatic rings. The number of ether oxygens (including phenoxy) is 1. The van der Waals surface area contributed by atoms with Crippen molar-refractivity contribution in [2.24, 2.45) is 0 Å². The van der Waals surface area contributed by atoms with Crippen molar-refractivity contribution < 1.29 is 14.3 Å². The molecule has 0 aliphatic carbocycles. The van der Waals surface area contributed by atoms with Gasteiger partial charge in [-0.2, -0.15) is 0 Å². The number of nitrogens with one attached hydrogen (secondary N) is 2. The Hall–Kier alpha value is -3.46. The van der Waals surface area contributed by atoms with E-state index in [1.54, 1.807) is 7.11 Å². The molecule has 2 N–H and O–H groups in total. The predicted molar refractivity (Wildman–Crippen MR) is 128 cm³/mol. The summed E-state index contributed by atoms with van der Waals surface area (Å²) < 4.78 is 5.23. The Labute approximate surface area is 197 Å². The number of benzene rings is 2. The van der Waals surface area contributed by atoms with Gasteiger partial charge in [-0.3, -0.25) is 4.79 Å². The highest BCUT2D eigenvalue weighted by Crippen LogP contribution is 2.29. The van der Waals surface area contributed by atoms with Crippen LogP contribution in [0.4, 0.5) is 10.5 Å². The summed E-state index contributed by atoms with van der Waals surface area (Å²) in [6.07, 6.45) is 1.79. The fourth-order valence-electron chi connectivity index (χ4n) is 3.75. The van der Waals surface area contributed by atoms with Gasteiger partial charge in [0.25, 0.3) is 5.91 Å². The number of likely N-dealkylation sites (tertiary alicyclic amines) is 1. The molecular weight excluding hydrogens is 438 g/mol. The quantitative estimate of drug-likeness (QED) is 0.569. The van der Waals surface area contributed by atoms with E-state index >= 15 is 0 Å². The average molecular weight is 466 g/mol. The van der Waals surface area contributed by atoms with Gasteiger partial charge in [-0.25, -0.2) is 4.79 Å². The minimum Gasteiger partial charge on any atom is -0.497 e. The third-order valence-electron chi connectivity index (χ3n) is 5.58. The summed E-state index contributed by atoms with van der Waals surface area (Å²) in [6.45, 7) is 3.67. The fourth-order valence-corrected chi connectivity index (χ4v) is 4.61. The maximum absolute atomic E-state index is 12.7. The molecular formula is C24H27N5O3S. The normalized spacial score (nSPS) is 15.7. The number of hydrogen-bond acceptors (Lipinski definition) is 6. The monoisotopic (exact) mass is 465 g/mol. The molecule has 1 aliphatic heterocycles. The van der Waals surface area contributed by atoms with E-state index < -0.39 is 0 Å². The summed E-state index contributed by atoms with van der Waals surface area (Å²) in [5, 5.41) is 15.3. The van der Waals surface area contributed by atoms with E-state index in [1.807, 2.05) is 60.4 Å². The van der Waals surface area contributed by atoms with E-state index in [0.29, 0.717) is 24.6 Å². The number of carbonyl (C=O) groups is 2. The van der Waals surface area contributed by atoms with Crippen LogP contribution >= 0.6 is 11.3 Å². The Morgan fingerprint density at radius 3 is 2.79 bits per heavy atom. The van der Waals surface area contributed by atoms with Gasteiger partial charge in [-0.1, -0.05) is 41.2 Å². The van der Waals surface area contributed by atoms with Gasteiger partial charge in [-0.05, 0) is 49.6 Å². The third kappa shape index (κ3) is 5.87. The molecule has 0 spiro atoms. The van der Waals surface area contributed by atoms with Crippen molar-refractivity contribution >= 4 is 29.0 Å². The molecule has 33 heavy (non-hydrogen) atoms. The summed E-state index contributed by atoms with van der Waals surface area (Å²) in [4.78, 5) is 27.1. The van der Waals surface area contributed by atoms with Gasteiger partial charge in [0, 0.05) is 31.2 Å². The lowest BCUT2D eigenvalue weighted by Crippen LogP contribution is -2.44. The molecule has 9 heteroatoms. The van der Waals surface area contributed by atoms with Crippen LogP contribution in [0.1, 0.15) is 44.7 Å². The number of anilines is 1. The van der Waals surface area contributed by atoms with Crippen LogP contribution < -0.4 is 15.4 Å². The van der Waals surface area contributed by atoms with Gasteiger partial charge < -0.3 is 20.3 Å². The van der Waals surface area contributed by atoms with Gasteiger partial charge in [0.15, 0.2) is 0 Å². The Balaban J connectivity index is 1.33. The number of aromatic nitrogens is 2. The molecule has 0 radical (unpaired) electrons. The van der Waals surface area contributed by atoms with Gasteiger partial charge in [-0.15, -0.1) is 10.2 Å². The van der Waals surface area contributed by atoms with Crippen molar-refractivity contribution in [2.75, 3.05) is 25.5 Å². The summed E-state index contributed by atoms with van der Waals surface area (Å²) in [5.41, 5.74) is 2.82. The van der Waals surface area contributed by atoms with Crippen LogP contribution in [0.5, 0.6) is 5.75 Å². The largest absolute Gasteiger partial charge is 0.497 e. The van der Waals surface area contributed by atoms with Crippen LogP contribution in [0.3, 0.4) is 0 Å². The summed E-state index contributed by atoms with van der Waals surface area (Å²) in [6, 6.07) is 15.1. The maximum Gasteiger partial charge on any atom is 0.317 e. The zero-order valence-electron chi connectivity index (χ0n) is 18.7. The zero-order valence-corrected chi connectivity index (χ0v) is 19.5. The van der Waals surface area contributed by atoms with Crippen LogP contribution in [0.2, 0.25) is 0 Å². The number of aryl methyl sites for hydroxylation is 1. The molecule has 1 aromatic heterocycles. The Morgan fingerprint density at radius 1 is 1.18 bits per heavy atom.